The van der Waals surface area contributed by atoms with Crippen molar-refractivity contribution in [1.29, 1.82) is 0 Å². The summed E-state index contributed by atoms with van der Waals surface area (Å²) in [6, 6.07) is 3.78. The molecule has 1 aliphatic rings. The molecule has 8 heteroatoms. The van der Waals surface area contributed by atoms with Crippen LogP contribution >= 0.6 is 43.5 Å². The minimum atomic E-state index is 0.494. The Balaban J connectivity index is 1.83. The van der Waals surface area contributed by atoms with Gasteiger partial charge in [-0.2, -0.15) is 0 Å². The standard InChI is InChI=1S/C21H20Br2ClN5/c1-12-11-29(19-16(22)8-15(24)9-17(19)23)21-18(12)20(26-13(2)27-21)28-6-4-14(5-7-28)10-25-3/h8-9,11,14H,4-7,10H2,1-2H3. The van der Waals surface area contributed by atoms with Crippen LogP contribution in [0.25, 0.3) is 21.6 Å². The van der Waals surface area contributed by atoms with E-state index in [1.54, 1.807) is 0 Å². The van der Waals surface area contributed by atoms with Gasteiger partial charge in [-0.15, -0.1) is 0 Å². The average Bonchev–Trinajstić information content (AvgIpc) is 2.97. The summed E-state index contributed by atoms with van der Waals surface area (Å²) in [5, 5.41) is 1.74. The molecule has 150 valence electrons. The highest BCUT2D eigenvalue weighted by Crippen LogP contribution is 2.38. The van der Waals surface area contributed by atoms with Crippen molar-refractivity contribution in [1.82, 2.24) is 14.5 Å². The van der Waals surface area contributed by atoms with Crippen LogP contribution in [-0.2, 0) is 0 Å². The fourth-order valence-electron chi connectivity index (χ4n) is 4.01. The van der Waals surface area contributed by atoms with Crippen LogP contribution in [-0.4, -0.2) is 34.2 Å². The van der Waals surface area contributed by atoms with Gasteiger partial charge in [0.1, 0.15) is 11.6 Å². The summed E-state index contributed by atoms with van der Waals surface area (Å²) in [5.41, 5.74) is 2.98. The molecule has 0 aliphatic carbocycles. The SMILES string of the molecule is [C-]#[N+]CC1CCN(c2nc(C)nc3c2c(C)cn3-c2c(Br)cc(Cl)cc2Br)CC1. The zero-order chi connectivity index (χ0) is 20.7. The predicted molar refractivity (Wildman–Crippen MR) is 125 cm³/mol. The van der Waals surface area contributed by atoms with E-state index in [0.29, 0.717) is 17.5 Å². The fourth-order valence-corrected chi connectivity index (χ4v) is 6.06. The smallest absolute Gasteiger partial charge is 0.217 e. The van der Waals surface area contributed by atoms with Gasteiger partial charge >= 0.3 is 0 Å². The highest BCUT2D eigenvalue weighted by atomic mass is 79.9. The van der Waals surface area contributed by atoms with Crippen LogP contribution < -0.4 is 4.90 Å². The van der Waals surface area contributed by atoms with Crippen LogP contribution in [0.4, 0.5) is 5.82 Å². The number of hydrogen-bond acceptors (Lipinski definition) is 3. The summed E-state index contributed by atoms with van der Waals surface area (Å²) in [4.78, 5) is 15.5. The molecule has 0 saturated carbocycles. The lowest BCUT2D eigenvalue weighted by molar-refractivity contribution is 0.429. The molecule has 4 rings (SSSR count). The molecule has 0 amide bonds. The maximum atomic E-state index is 7.12. The van der Waals surface area contributed by atoms with E-state index in [4.69, 9.17) is 28.1 Å². The molecule has 29 heavy (non-hydrogen) atoms. The van der Waals surface area contributed by atoms with Crippen molar-refractivity contribution in [3.8, 4) is 5.69 Å². The maximum absolute atomic E-state index is 7.12. The van der Waals surface area contributed by atoms with Crippen molar-refractivity contribution in [3.63, 3.8) is 0 Å². The van der Waals surface area contributed by atoms with Crippen molar-refractivity contribution in [2.75, 3.05) is 24.5 Å². The second-order valence-electron chi connectivity index (χ2n) is 7.46. The lowest BCUT2D eigenvalue weighted by atomic mass is 9.97. The first-order chi connectivity index (χ1) is 13.9. The number of piperidine rings is 1. The Morgan fingerprint density at radius 1 is 1.17 bits per heavy atom. The van der Waals surface area contributed by atoms with E-state index in [1.165, 1.54) is 0 Å². The molecule has 3 aromatic rings. The minimum Gasteiger partial charge on any atom is -0.356 e. The van der Waals surface area contributed by atoms with Crippen LogP contribution in [0, 0.1) is 26.3 Å². The third kappa shape index (κ3) is 3.90. The third-order valence-corrected chi connectivity index (χ3v) is 6.84. The number of anilines is 1. The summed E-state index contributed by atoms with van der Waals surface area (Å²) in [6.45, 7) is 13.6. The first kappa shape index (κ1) is 20.6. The van der Waals surface area contributed by atoms with Gasteiger partial charge in [0.15, 0.2) is 5.65 Å². The molecule has 3 heterocycles. The summed E-state index contributed by atoms with van der Waals surface area (Å²) in [6.07, 6.45) is 4.16. The molecule has 0 N–H and O–H groups in total. The Morgan fingerprint density at radius 2 is 1.83 bits per heavy atom. The van der Waals surface area contributed by atoms with Crippen LogP contribution in [0.1, 0.15) is 24.2 Å². The van der Waals surface area contributed by atoms with Crippen molar-refractivity contribution in [2.24, 2.45) is 5.92 Å². The molecule has 0 radical (unpaired) electrons. The first-order valence-corrected chi connectivity index (χ1v) is 11.4. The van der Waals surface area contributed by atoms with Crippen molar-refractivity contribution in [3.05, 3.63) is 55.1 Å². The van der Waals surface area contributed by atoms with Crippen LogP contribution in [0.15, 0.2) is 27.3 Å². The zero-order valence-corrected chi connectivity index (χ0v) is 20.1. The minimum absolute atomic E-state index is 0.494. The van der Waals surface area contributed by atoms with Gasteiger partial charge in [0.05, 0.1) is 11.1 Å². The number of halogens is 3. The van der Waals surface area contributed by atoms with Gasteiger partial charge < -0.3 is 9.74 Å². The molecule has 0 unspecified atom stereocenters. The quantitative estimate of drug-likeness (QED) is 0.366. The van der Waals surface area contributed by atoms with E-state index in [-0.39, 0.29) is 0 Å². The molecular formula is C21H20Br2ClN5. The Hall–Kier alpha value is -1.62. The van der Waals surface area contributed by atoms with Gasteiger partial charge in [0, 0.05) is 39.2 Å². The lowest BCUT2D eigenvalue weighted by Crippen LogP contribution is -2.35. The summed E-state index contributed by atoms with van der Waals surface area (Å²) >= 11 is 13.5. The van der Waals surface area contributed by atoms with E-state index < -0.39 is 0 Å². The second kappa shape index (κ2) is 8.25. The molecular weight excluding hydrogens is 518 g/mol. The monoisotopic (exact) mass is 535 g/mol. The summed E-state index contributed by atoms with van der Waals surface area (Å²) in [7, 11) is 0. The summed E-state index contributed by atoms with van der Waals surface area (Å²) in [5.74, 6) is 2.23. The number of rotatable bonds is 3. The average molecular weight is 538 g/mol. The van der Waals surface area contributed by atoms with Gasteiger partial charge in [0.2, 0.25) is 6.54 Å². The maximum Gasteiger partial charge on any atom is 0.217 e. The second-order valence-corrected chi connectivity index (χ2v) is 9.61. The van der Waals surface area contributed by atoms with Gasteiger partial charge in [0.25, 0.3) is 0 Å². The zero-order valence-electron chi connectivity index (χ0n) is 16.2. The highest BCUT2D eigenvalue weighted by Gasteiger charge is 2.26. The first-order valence-electron chi connectivity index (χ1n) is 9.48. The molecule has 5 nitrogen and oxygen atoms in total. The summed E-state index contributed by atoms with van der Waals surface area (Å²) < 4.78 is 3.89. The molecule has 2 aromatic heterocycles. The molecule has 0 atom stereocenters. The molecule has 1 aliphatic heterocycles. The van der Waals surface area contributed by atoms with Crippen molar-refractivity contribution >= 4 is 60.3 Å². The molecule has 0 bridgehead atoms. The number of aromatic nitrogens is 3. The predicted octanol–water partition coefficient (Wildman–Crippen LogP) is 6.35. The van der Waals surface area contributed by atoms with Crippen LogP contribution in [0.2, 0.25) is 5.02 Å². The fraction of sp³-hybridized carbons (Fsp3) is 0.381. The number of hydrogen-bond donors (Lipinski definition) is 0. The Kier molecular flexibility index (Phi) is 5.87. The molecule has 1 fully saturated rings. The normalized spacial score (nSPS) is 15.1. The van der Waals surface area contributed by atoms with E-state index in [1.807, 2.05) is 19.1 Å². The number of benzene rings is 1. The topological polar surface area (TPSA) is 38.3 Å². The number of fused-ring (bicyclic) bond motifs is 1. The van der Waals surface area contributed by atoms with E-state index >= 15 is 0 Å². The van der Waals surface area contributed by atoms with Crippen LogP contribution in [0.3, 0.4) is 0 Å². The molecule has 0 spiro atoms. The molecule has 1 saturated heterocycles. The Bertz CT molecular complexity index is 1100. The van der Waals surface area contributed by atoms with E-state index in [0.717, 1.165) is 68.8 Å². The molecule has 1 aromatic carbocycles. The number of aryl methyl sites for hydroxylation is 2. The van der Waals surface area contributed by atoms with Gasteiger partial charge in [-0.3, -0.25) is 4.57 Å². The Labute approximate surface area is 192 Å². The highest BCUT2D eigenvalue weighted by molar-refractivity contribution is 9.11. The van der Waals surface area contributed by atoms with Gasteiger partial charge in [-0.25, -0.2) is 16.5 Å². The Morgan fingerprint density at radius 3 is 2.45 bits per heavy atom. The third-order valence-electron chi connectivity index (χ3n) is 5.41. The lowest BCUT2D eigenvalue weighted by Gasteiger charge is -2.31. The van der Waals surface area contributed by atoms with Crippen molar-refractivity contribution in [2.45, 2.75) is 26.7 Å². The number of nitrogens with zero attached hydrogens (tertiary/aromatic N) is 5. The van der Waals surface area contributed by atoms with Gasteiger partial charge in [-0.05, 0) is 76.2 Å². The van der Waals surface area contributed by atoms with Crippen molar-refractivity contribution < 1.29 is 0 Å². The van der Waals surface area contributed by atoms with E-state index in [9.17, 15) is 0 Å². The van der Waals surface area contributed by atoms with Crippen LogP contribution in [0.5, 0.6) is 0 Å². The largest absolute Gasteiger partial charge is 0.356 e. The van der Waals surface area contributed by atoms with Gasteiger partial charge in [-0.1, -0.05) is 11.6 Å². The van der Waals surface area contributed by atoms with E-state index in [2.05, 4.69) is 59.3 Å².